The number of primary amides is 1. The molecule has 32 heavy (non-hydrogen) atoms. The molecule has 1 aliphatic carbocycles. The first kappa shape index (κ1) is 24.7. The quantitative estimate of drug-likeness (QED) is 0.488. The molecule has 0 spiro atoms. The van der Waals surface area contributed by atoms with Crippen LogP contribution < -0.4 is 5.73 Å². The number of carbonyl (C=O) groups is 1. The fourth-order valence-electron chi connectivity index (χ4n) is 4.10. The zero-order valence-electron chi connectivity index (χ0n) is 19.7. The van der Waals surface area contributed by atoms with E-state index in [0.717, 1.165) is 43.6 Å². The Morgan fingerprint density at radius 3 is 2.66 bits per heavy atom. The highest BCUT2D eigenvalue weighted by molar-refractivity contribution is 7.99. The van der Waals surface area contributed by atoms with E-state index in [9.17, 15) is 4.79 Å². The lowest BCUT2D eigenvalue weighted by molar-refractivity contribution is -0.122. The molecule has 174 valence electrons. The first-order valence-electron chi connectivity index (χ1n) is 11.8. The maximum Gasteiger partial charge on any atom is 0.235 e. The summed E-state index contributed by atoms with van der Waals surface area (Å²) in [6.45, 7) is 9.50. The largest absolute Gasteiger partial charge is 0.381 e. The van der Waals surface area contributed by atoms with Crippen LogP contribution in [-0.4, -0.2) is 46.2 Å². The Kier molecular flexibility index (Phi) is 9.14. The van der Waals surface area contributed by atoms with Gasteiger partial charge in [0.15, 0.2) is 0 Å². The summed E-state index contributed by atoms with van der Waals surface area (Å²) in [6, 6.07) is 4.34. The summed E-state index contributed by atoms with van der Waals surface area (Å²) >= 11 is 1.62. The lowest BCUT2D eigenvalue weighted by Crippen LogP contribution is -2.47. The molecule has 0 radical (unpaired) electrons. The highest BCUT2D eigenvalue weighted by Gasteiger charge is 2.41. The summed E-state index contributed by atoms with van der Waals surface area (Å²) < 4.78 is 7.20. The minimum atomic E-state index is -0.538. The maximum absolute atomic E-state index is 12.2. The van der Waals surface area contributed by atoms with Gasteiger partial charge in [0.2, 0.25) is 5.91 Å². The van der Waals surface area contributed by atoms with Crippen LogP contribution in [-0.2, 0) is 9.53 Å². The number of pyridine rings is 1. The van der Waals surface area contributed by atoms with Gasteiger partial charge in [0.1, 0.15) is 4.75 Å². The molecule has 1 amide bonds. The minimum absolute atomic E-state index is 0.224. The number of hydrogen-bond donors (Lipinski definition) is 1. The summed E-state index contributed by atoms with van der Waals surface area (Å²) in [4.78, 5) is 17.0. The lowest BCUT2D eigenvalue weighted by Gasteiger charge is -2.37. The van der Waals surface area contributed by atoms with Crippen LogP contribution in [0.25, 0.3) is 5.57 Å². The molecule has 1 aromatic heterocycles. The molecule has 2 heterocycles. The molecule has 0 saturated carbocycles. The zero-order chi connectivity index (χ0) is 23.0. The van der Waals surface area contributed by atoms with E-state index in [-0.39, 0.29) is 5.91 Å². The number of nitrogens with two attached hydrogens (primary N) is 1. The third kappa shape index (κ3) is 6.33. The van der Waals surface area contributed by atoms with E-state index < -0.39 is 4.75 Å². The Bertz CT molecular complexity index is 854. The molecule has 2 N–H and O–H groups in total. The summed E-state index contributed by atoms with van der Waals surface area (Å²) in [7, 11) is 0. The number of allylic oxidation sites excluding steroid dienone is 6. The predicted octanol–water partition coefficient (Wildman–Crippen LogP) is 5.26. The number of aromatic nitrogens is 1. The highest BCUT2D eigenvalue weighted by Crippen LogP contribution is 2.38. The van der Waals surface area contributed by atoms with Crippen molar-refractivity contribution in [2.24, 2.45) is 5.73 Å². The summed E-state index contributed by atoms with van der Waals surface area (Å²) in [5.74, 6) is 0.114. The third-order valence-corrected chi connectivity index (χ3v) is 8.10. The van der Waals surface area contributed by atoms with Crippen molar-refractivity contribution in [2.45, 2.75) is 63.5 Å². The molecule has 0 aromatic carbocycles. The smallest absolute Gasteiger partial charge is 0.235 e. The molecular weight excluding hydrogens is 418 g/mol. The van der Waals surface area contributed by atoms with Crippen molar-refractivity contribution in [3.05, 3.63) is 59.5 Å². The van der Waals surface area contributed by atoms with Crippen LogP contribution in [0, 0.1) is 0 Å². The normalized spacial score (nSPS) is 19.2. The average molecular weight is 456 g/mol. The van der Waals surface area contributed by atoms with Gasteiger partial charge >= 0.3 is 0 Å². The molecule has 1 saturated heterocycles. The van der Waals surface area contributed by atoms with Gasteiger partial charge < -0.3 is 10.5 Å². The predicted molar refractivity (Wildman–Crippen MR) is 134 cm³/mol. The Morgan fingerprint density at radius 2 is 2.03 bits per heavy atom. The van der Waals surface area contributed by atoms with Crippen LogP contribution in [0.15, 0.2) is 48.2 Å². The maximum atomic E-state index is 12.2. The van der Waals surface area contributed by atoms with Crippen molar-refractivity contribution in [1.82, 2.24) is 9.29 Å². The van der Waals surface area contributed by atoms with Crippen LogP contribution in [0.4, 0.5) is 0 Å². The topological polar surface area (TPSA) is 68.5 Å². The van der Waals surface area contributed by atoms with Crippen LogP contribution >= 0.6 is 11.9 Å². The van der Waals surface area contributed by atoms with E-state index >= 15 is 0 Å². The van der Waals surface area contributed by atoms with E-state index in [1.807, 2.05) is 6.20 Å². The number of carbonyl (C=O) groups excluding carboxylic acids is 1. The molecule has 6 heteroatoms. The molecule has 2 aliphatic rings. The van der Waals surface area contributed by atoms with Gasteiger partial charge in [-0.2, -0.15) is 0 Å². The second-order valence-electron chi connectivity index (χ2n) is 8.61. The van der Waals surface area contributed by atoms with Crippen molar-refractivity contribution >= 4 is 23.4 Å². The average Bonchev–Trinajstić information content (AvgIpc) is 3.08. The molecule has 5 nitrogen and oxygen atoms in total. The zero-order valence-corrected chi connectivity index (χ0v) is 20.5. The number of amides is 1. The molecule has 3 rings (SSSR count). The van der Waals surface area contributed by atoms with Crippen molar-refractivity contribution < 1.29 is 9.53 Å². The monoisotopic (exact) mass is 455 g/mol. The molecule has 1 aliphatic heterocycles. The van der Waals surface area contributed by atoms with Crippen LogP contribution in [0.2, 0.25) is 0 Å². The third-order valence-electron chi connectivity index (χ3n) is 6.45. The standard InChI is InChI=1S/C26H37N3O2S/c1-4-21-7-6-8-22(10-9-21)23-11-12-24(28-19-23)20(3)13-16-29(5-2)32-26(25(27)30)14-17-31-18-15-26/h7-12,19-20H,4-6,13-18H2,1-3H3,(H2,27,30). The molecular formula is C26H37N3O2S. The Labute approximate surface area is 197 Å². The Hall–Kier alpha value is -1.89. The van der Waals surface area contributed by atoms with E-state index in [2.05, 4.69) is 61.5 Å². The fourth-order valence-corrected chi connectivity index (χ4v) is 5.36. The van der Waals surface area contributed by atoms with Gasteiger partial charge in [-0.3, -0.25) is 9.78 Å². The Balaban J connectivity index is 1.57. The van der Waals surface area contributed by atoms with Crippen LogP contribution in [0.1, 0.15) is 70.1 Å². The molecule has 1 atom stereocenters. The van der Waals surface area contributed by atoms with Gasteiger partial charge in [-0.15, -0.1) is 0 Å². The van der Waals surface area contributed by atoms with E-state index in [4.69, 9.17) is 15.5 Å². The number of hydrogen-bond acceptors (Lipinski definition) is 5. The summed E-state index contributed by atoms with van der Waals surface area (Å²) in [6.07, 6.45) is 15.3. The first-order chi connectivity index (χ1) is 15.5. The second kappa shape index (κ2) is 11.8. The van der Waals surface area contributed by atoms with E-state index in [1.165, 1.54) is 11.1 Å². The van der Waals surface area contributed by atoms with Crippen molar-refractivity contribution in [3.8, 4) is 0 Å². The van der Waals surface area contributed by atoms with Crippen LogP contribution in [0.5, 0.6) is 0 Å². The number of nitrogens with zero attached hydrogens (tertiary/aromatic N) is 2. The first-order valence-corrected chi connectivity index (χ1v) is 12.6. The van der Waals surface area contributed by atoms with E-state index in [0.29, 0.717) is 32.0 Å². The van der Waals surface area contributed by atoms with Gasteiger partial charge in [-0.1, -0.05) is 68.7 Å². The molecule has 0 bridgehead atoms. The van der Waals surface area contributed by atoms with Gasteiger partial charge in [0.25, 0.3) is 0 Å². The highest BCUT2D eigenvalue weighted by atomic mass is 32.2. The Morgan fingerprint density at radius 1 is 1.25 bits per heavy atom. The molecule has 1 fully saturated rings. The second-order valence-corrected chi connectivity index (χ2v) is 10.1. The van der Waals surface area contributed by atoms with Crippen molar-refractivity contribution in [2.75, 3.05) is 26.3 Å². The van der Waals surface area contributed by atoms with Crippen molar-refractivity contribution in [1.29, 1.82) is 0 Å². The van der Waals surface area contributed by atoms with Gasteiger partial charge in [-0.05, 0) is 55.2 Å². The molecule has 1 unspecified atom stereocenters. The minimum Gasteiger partial charge on any atom is -0.381 e. The van der Waals surface area contributed by atoms with Crippen molar-refractivity contribution in [3.63, 3.8) is 0 Å². The van der Waals surface area contributed by atoms with Gasteiger partial charge in [-0.25, -0.2) is 4.31 Å². The fraction of sp³-hybridized carbons (Fsp3) is 0.538. The molecule has 1 aromatic rings. The summed E-state index contributed by atoms with van der Waals surface area (Å²) in [5, 5.41) is 0. The number of rotatable bonds is 10. The SMILES string of the molecule is CCC1=CCC=C(c2ccc(C(C)CCN(CC)SC3(C(N)=O)CCOCC3)nc2)C=C1. The van der Waals surface area contributed by atoms with Gasteiger partial charge in [0, 0.05) is 38.2 Å². The number of ether oxygens (including phenoxy) is 1. The van der Waals surface area contributed by atoms with Crippen LogP contribution in [0.3, 0.4) is 0 Å². The summed E-state index contributed by atoms with van der Waals surface area (Å²) in [5.41, 5.74) is 10.7. The van der Waals surface area contributed by atoms with Gasteiger partial charge in [0.05, 0.1) is 0 Å². The lowest BCUT2D eigenvalue weighted by atomic mass is 9.98. The van der Waals surface area contributed by atoms with E-state index in [1.54, 1.807) is 11.9 Å².